The summed E-state index contributed by atoms with van der Waals surface area (Å²) in [6, 6.07) is 8.77. The van der Waals surface area contributed by atoms with Crippen molar-refractivity contribution in [3.8, 4) is 0 Å². The fraction of sp³-hybridized carbons (Fsp3) is 0.312. The monoisotopic (exact) mass is 431 g/mol. The van der Waals surface area contributed by atoms with Gasteiger partial charge in [0.15, 0.2) is 0 Å². The van der Waals surface area contributed by atoms with Crippen molar-refractivity contribution in [1.82, 2.24) is 14.6 Å². The number of hydrogen-bond donors (Lipinski definition) is 1. The third-order valence-electron chi connectivity index (χ3n) is 4.07. The number of nitrogens with one attached hydrogen (secondary N) is 1. The lowest BCUT2D eigenvalue weighted by Crippen LogP contribution is -2.48. The van der Waals surface area contributed by atoms with Crippen LogP contribution < -0.4 is 5.32 Å². The SMILES string of the molecule is Cc1c(Br)cccc1S(=O)(=O)N1CCNCC1c1cccnc1.Cl. The Kier molecular flexibility index (Phi) is 6.39. The Morgan fingerprint density at radius 3 is 2.79 bits per heavy atom. The second kappa shape index (κ2) is 7.93. The van der Waals surface area contributed by atoms with Crippen LogP contribution in [0.2, 0.25) is 0 Å². The predicted molar refractivity (Wildman–Crippen MR) is 99.9 cm³/mol. The van der Waals surface area contributed by atoms with Crippen LogP contribution in [0.3, 0.4) is 0 Å². The average molecular weight is 433 g/mol. The van der Waals surface area contributed by atoms with Crippen molar-refractivity contribution >= 4 is 38.4 Å². The van der Waals surface area contributed by atoms with E-state index in [0.29, 0.717) is 24.5 Å². The minimum absolute atomic E-state index is 0. The fourth-order valence-corrected chi connectivity index (χ4v) is 5.18. The van der Waals surface area contributed by atoms with E-state index in [0.717, 1.165) is 15.6 Å². The summed E-state index contributed by atoms with van der Waals surface area (Å²) in [6.45, 7) is 3.48. The van der Waals surface area contributed by atoms with E-state index in [1.165, 1.54) is 0 Å². The molecule has 130 valence electrons. The van der Waals surface area contributed by atoms with Crippen molar-refractivity contribution in [2.75, 3.05) is 19.6 Å². The summed E-state index contributed by atoms with van der Waals surface area (Å²) in [5.74, 6) is 0. The van der Waals surface area contributed by atoms with E-state index in [4.69, 9.17) is 0 Å². The molecule has 1 saturated heterocycles. The molecule has 1 aromatic carbocycles. The van der Waals surface area contributed by atoms with Crippen molar-refractivity contribution in [1.29, 1.82) is 0 Å². The van der Waals surface area contributed by atoms with E-state index in [1.807, 2.05) is 25.1 Å². The number of sulfonamides is 1. The number of piperazine rings is 1. The quantitative estimate of drug-likeness (QED) is 0.810. The van der Waals surface area contributed by atoms with Gasteiger partial charge in [-0.25, -0.2) is 8.42 Å². The molecule has 1 N–H and O–H groups in total. The Bertz CT molecular complexity index is 802. The lowest BCUT2D eigenvalue weighted by atomic mass is 10.1. The van der Waals surface area contributed by atoms with E-state index in [2.05, 4.69) is 26.2 Å². The van der Waals surface area contributed by atoms with Crippen LogP contribution in [-0.4, -0.2) is 37.3 Å². The summed E-state index contributed by atoms with van der Waals surface area (Å²) in [4.78, 5) is 4.47. The molecule has 0 radical (unpaired) electrons. The van der Waals surface area contributed by atoms with Gasteiger partial charge in [0.2, 0.25) is 10.0 Å². The minimum atomic E-state index is -3.58. The number of hydrogen-bond acceptors (Lipinski definition) is 4. The number of pyridine rings is 1. The van der Waals surface area contributed by atoms with Crippen LogP contribution >= 0.6 is 28.3 Å². The van der Waals surface area contributed by atoms with Gasteiger partial charge in [0.1, 0.15) is 0 Å². The summed E-state index contributed by atoms with van der Waals surface area (Å²) < 4.78 is 28.8. The zero-order chi connectivity index (χ0) is 16.4. The molecule has 0 bridgehead atoms. The van der Waals surface area contributed by atoms with Gasteiger partial charge in [0, 0.05) is 36.5 Å². The summed E-state index contributed by atoms with van der Waals surface area (Å²) in [6.07, 6.45) is 3.42. The minimum Gasteiger partial charge on any atom is -0.313 e. The van der Waals surface area contributed by atoms with E-state index in [1.54, 1.807) is 28.8 Å². The molecule has 5 nitrogen and oxygen atoms in total. The van der Waals surface area contributed by atoms with E-state index >= 15 is 0 Å². The number of nitrogens with zero attached hydrogens (tertiary/aromatic N) is 2. The van der Waals surface area contributed by atoms with Gasteiger partial charge in [0.25, 0.3) is 0 Å². The third-order valence-corrected chi connectivity index (χ3v) is 6.98. The normalized spacial score (nSPS) is 18.8. The fourth-order valence-electron chi connectivity index (χ4n) is 2.82. The molecule has 2 aromatic rings. The molecule has 1 unspecified atom stereocenters. The second-order valence-corrected chi connectivity index (χ2v) is 8.20. The largest absolute Gasteiger partial charge is 0.313 e. The standard InChI is InChI=1S/C16H18BrN3O2S.ClH/c1-12-14(17)5-2-6-16(12)23(21,22)20-9-8-19-11-15(20)13-4-3-7-18-10-13;/h2-7,10,15,19H,8-9,11H2,1H3;1H. The molecule has 24 heavy (non-hydrogen) atoms. The highest BCUT2D eigenvalue weighted by Gasteiger charge is 2.35. The van der Waals surface area contributed by atoms with E-state index in [-0.39, 0.29) is 18.4 Å². The maximum Gasteiger partial charge on any atom is 0.244 e. The molecule has 1 aliphatic heterocycles. The predicted octanol–water partition coefficient (Wildman–Crippen LogP) is 2.91. The molecule has 0 spiro atoms. The first-order chi connectivity index (χ1) is 11.0. The molecule has 0 amide bonds. The molecule has 2 heterocycles. The first kappa shape index (κ1) is 19.3. The lowest BCUT2D eigenvalue weighted by molar-refractivity contribution is 0.271. The summed E-state index contributed by atoms with van der Waals surface area (Å²) in [7, 11) is -3.58. The topological polar surface area (TPSA) is 62.3 Å². The van der Waals surface area contributed by atoms with Crippen molar-refractivity contribution in [3.05, 3.63) is 58.3 Å². The highest BCUT2D eigenvalue weighted by Crippen LogP contribution is 2.31. The summed E-state index contributed by atoms with van der Waals surface area (Å²) in [5.41, 5.74) is 1.63. The van der Waals surface area contributed by atoms with Gasteiger partial charge in [-0.05, 0) is 36.2 Å². The van der Waals surface area contributed by atoms with Crippen molar-refractivity contribution in [2.45, 2.75) is 17.9 Å². The van der Waals surface area contributed by atoms with Gasteiger partial charge in [-0.3, -0.25) is 4.98 Å². The molecular weight excluding hydrogens is 414 g/mol. The van der Waals surface area contributed by atoms with Crippen LogP contribution in [0, 0.1) is 6.92 Å². The van der Waals surface area contributed by atoms with Gasteiger partial charge in [-0.15, -0.1) is 12.4 Å². The first-order valence-corrected chi connectivity index (χ1v) is 9.62. The Hall–Kier alpha value is -0.990. The van der Waals surface area contributed by atoms with Crippen LogP contribution in [0.15, 0.2) is 52.1 Å². The zero-order valence-electron chi connectivity index (χ0n) is 13.1. The summed E-state index contributed by atoms with van der Waals surface area (Å²) >= 11 is 3.42. The Labute approximate surface area is 157 Å². The molecule has 1 fully saturated rings. The Morgan fingerprint density at radius 1 is 1.29 bits per heavy atom. The van der Waals surface area contributed by atoms with Gasteiger partial charge in [-0.2, -0.15) is 4.31 Å². The molecule has 0 aliphatic carbocycles. The smallest absolute Gasteiger partial charge is 0.244 e. The first-order valence-electron chi connectivity index (χ1n) is 7.39. The zero-order valence-corrected chi connectivity index (χ0v) is 16.4. The van der Waals surface area contributed by atoms with E-state index < -0.39 is 10.0 Å². The highest BCUT2D eigenvalue weighted by atomic mass is 79.9. The van der Waals surface area contributed by atoms with Crippen molar-refractivity contribution in [3.63, 3.8) is 0 Å². The Morgan fingerprint density at radius 2 is 2.08 bits per heavy atom. The van der Waals surface area contributed by atoms with Crippen LogP contribution in [0.25, 0.3) is 0 Å². The van der Waals surface area contributed by atoms with E-state index in [9.17, 15) is 8.42 Å². The maximum absolute atomic E-state index is 13.2. The second-order valence-electron chi connectivity index (χ2n) is 5.49. The number of aromatic nitrogens is 1. The maximum atomic E-state index is 13.2. The molecule has 0 saturated carbocycles. The molecule has 3 rings (SSSR count). The highest BCUT2D eigenvalue weighted by molar-refractivity contribution is 9.10. The average Bonchev–Trinajstić information content (AvgIpc) is 2.58. The molecular formula is C16H19BrClN3O2S. The number of halogens is 2. The molecule has 1 atom stereocenters. The van der Waals surface area contributed by atoms with Gasteiger partial charge in [-0.1, -0.05) is 28.1 Å². The third kappa shape index (κ3) is 3.65. The van der Waals surface area contributed by atoms with Crippen LogP contribution in [0.1, 0.15) is 17.2 Å². The van der Waals surface area contributed by atoms with Gasteiger partial charge in [0.05, 0.1) is 10.9 Å². The van der Waals surface area contributed by atoms with Crippen LogP contribution in [0.5, 0.6) is 0 Å². The van der Waals surface area contributed by atoms with Crippen molar-refractivity contribution in [2.24, 2.45) is 0 Å². The van der Waals surface area contributed by atoms with Crippen LogP contribution in [-0.2, 0) is 10.0 Å². The van der Waals surface area contributed by atoms with Crippen LogP contribution in [0.4, 0.5) is 0 Å². The molecule has 1 aromatic heterocycles. The number of benzene rings is 1. The van der Waals surface area contributed by atoms with Crippen molar-refractivity contribution < 1.29 is 8.42 Å². The van der Waals surface area contributed by atoms with Gasteiger partial charge >= 0.3 is 0 Å². The number of rotatable bonds is 3. The molecule has 8 heteroatoms. The lowest BCUT2D eigenvalue weighted by Gasteiger charge is -2.35. The van der Waals surface area contributed by atoms with Gasteiger partial charge < -0.3 is 5.32 Å². The molecule has 1 aliphatic rings. The summed E-state index contributed by atoms with van der Waals surface area (Å²) in [5, 5.41) is 3.27. The Balaban J connectivity index is 0.00000208.